The number of carbonyl (C=O) groups excluding carboxylic acids is 2. The van der Waals surface area contributed by atoms with E-state index >= 15 is 0 Å². The zero-order chi connectivity index (χ0) is 26.9. The number of thiazole rings is 1. The smallest absolute Gasteiger partial charge is 0.255 e. The zero-order valence-corrected chi connectivity index (χ0v) is 23.2. The second-order valence-corrected chi connectivity index (χ2v) is 11.5. The first-order chi connectivity index (χ1) is 19.0. The van der Waals surface area contributed by atoms with Crippen LogP contribution in [0.2, 0.25) is 5.02 Å². The predicted molar refractivity (Wildman–Crippen MR) is 153 cm³/mol. The number of Topliss-reactive ketones (excluding diaryl/α,β-unsaturated/α-hetero) is 1. The number of fused-ring (bicyclic) bond motifs is 3. The number of aliphatic hydroxyl groups excluding tert-OH is 1. The van der Waals surface area contributed by atoms with Crippen molar-refractivity contribution in [2.45, 2.75) is 19.4 Å². The molecule has 10 heteroatoms. The number of nitrogens with zero attached hydrogens (tertiary/aromatic N) is 5. The number of ketones is 1. The Hall–Kier alpha value is -2.95. The summed E-state index contributed by atoms with van der Waals surface area (Å²) in [5, 5.41) is 10.7. The van der Waals surface area contributed by atoms with Crippen molar-refractivity contribution in [3.05, 3.63) is 69.3 Å². The standard InChI is InChI=1S/C29H30ClN5O3S/c30-20-13-19(28-26(15-20)31-18-39-28)14-21(37)16-34-6-5-25-23(17-34)27(22-3-1-2-4-24(22)32-25)29(38)35-9-7-33(8-10-35)11-12-36/h1-4,13,15,18,36H,5-12,14,16-17H2. The van der Waals surface area contributed by atoms with E-state index in [-0.39, 0.29) is 18.3 Å². The summed E-state index contributed by atoms with van der Waals surface area (Å²) >= 11 is 7.80. The van der Waals surface area contributed by atoms with E-state index in [2.05, 4.69) is 14.8 Å². The van der Waals surface area contributed by atoms with Gasteiger partial charge in [0.1, 0.15) is 0 Å². The van der Waals surface area contributed by atoms with Gasteiger partial charge in [-0.15, -0.1) is 11.3 Å². The van der Waals surface area contributed by atoms with E-state index in [1.165, 1.54) is 11.3 Å². The van der Waals surface area contributed by atoms with Crippen molar-refractivity contribution < 1.29 is 14.7 Å². The molecule has 0 atom stereocenters. The highest BCUT2D eigenvalue weighted by Crippen LogP contribution is 2.30. The first-order valence-corrected chi connectivity index (χ1v) is 14.5. The largest absolute Gasteiger partial charge is 0.395 e. The summed E-state index contributed by atoms with van der Waals surface area (Å²) in [6, 6.07) is 11.5. The number of halogens is 1. The molecular formula is C29H30ClN5O3S. The summed E-state index contributed by atoms with van der Waals surface area (Å²) in [4.78, 5) is 42.7. The highest BCUT2D eigenvalue weighted by molar-refractivity contribution is 7.17. The van der Waals surface area contributed by atoms with Crippen LogP contribution >= 0.6 is 22.9 Å². The van der Waals surface area contributed by atoms with Crippen molar-refractivity contribution in [1.29, 1.82) is 0 Å². The molecule has 8 nitrogen and oxygen atoms in total. The molecule has 1 N–H and O–H groups in total. The van der Waals surface area contributed by atoms with E-state index in [9.17, 15) is 14.7 Å². The minimum atomic E-state index is 0.0215. The van der Waals surface area contributed by atoms with Crippen molar-refractivity contribution in [2.24, 2.45) is 0 Å². The fourth-order valence-electron chi connectivity index (χ4n) is 5.75. The van der Waals surface area contributed by atoms with Crippen molar-refractivity contribution in [1.82, 2.24) is 24.7 Å². The summed E-state index contributed by atoms with van der Waals surface area (Å²) in [6.45, 7) is 5.00. The first-order valence-electron chi connectivity index (χ1n) is 13.3. The third-order valence-corrected chi connectivity index (χ3v) is 8.81. The topological polar surface area (TPSA) is 89.9 Å². The Morgan fingerprint density at radius 3 is 2.67 bits per heavy atom. The van der Waals surface area contributed by atoms with Gasteiger partial charge >= 0.3 is 0 Å². The van der Waals surface area contributed by atoms with Crippen LogP contribution in [0.4, 0.5) is 0 Å². The lowest BCUT2D eigenvalue weighted by Crippen LogP contribution is -2.49. The van der Waals surface area contributed by atoms with Gasteiger partial charge in [-0.05, 0) is 23.8 Å². The molecule has 0 spiro atoms. The van der Waals surface area contributed by atoms with Gasteiger partial charge in [0.05, 0.1) is 40.0 Å². The number of aliphatic hydroxyl groups is 1. The van der Waals surface area contributed by atoms with Gasteiger partial charge in [-0.25, -0.2) is 4.98 Å². The van der Waals surface area contributed by atoms with Crippen LogP contribution in [0.3, 0.4) is 0 Å². The molecule has 4 aromatic rings. The maximum Gasteiger partial charge on any atom is 0.255 e. The van der Waals surface area contributed by atoms with Crippen molar-refractivity contribution in [3.8, 4) is 0 Å². The number of hydrogen-bond donors (Lipinski definition) is 1. The molecule has 2 aliphatic rings. The Kier molecular flexibility index (Phi) is 7.59. The van der Waals surface area contributed by atoms with Crippen LogP contribution in [0, 0.1) is 0 Å². The molecule has 4 heterocycles. The van der Waals surface area contributed by atoms with Gasteiger partial charge in [0, 0.05) is 80.3 Å². The number of amides is 1. The molecule has 1 fully saturated rings. The van der Waals surface area contributed by atoms with Crippen LogP contribution in [0.5, 0.6) is 0 Å². The van der Waals surface area contributed by atoms with Crippen LogP contribution < -0.4 is 0 Å². The first kappa shape index (κ1) is 26.3. The van der Waals surface area contributed by atoms with E-state index in [1.807, 2.05) is 41.3 Å². The van der Waals surface area contributed by atoms with Crippen molar-refractivity contribution in [2.75, 3.05) is 52.4 Å². The van der Waals surface area contributed by atoms with E-state index in [0.717, 1.165) is 51.0 Å². The molecule has 0 radical (unpaired) electrons. The quantitative estimate of drug-likeness (QED) is 0.368. The Morgan fingerprint density at radius 1 is 1.03 bits per heavy atom. The molecule has 0 bridgehead atoms. The van der Waals surface area contributed by atoms with Gasteiger partial charge in [0.25, 0.3) is 5.91 Å². The van der Waals surface area contributed by atoms with Crippen molar-refractivity contribution in [3.63, 3.8) is 0 Å². The number of aromatic nitrogens is 2. The van der Waals surface area contributed by atoms with E-state index in [0.29, 0.717) is 62.7 Å². The highest BCUT2D eigenvalue weighted by atomic mass is 35.5. The second-order valence-electron chi connectivity index (χ2n) is 10.2. The molecule has 202 valence electrons. The number of carbonyl (C=O) groups is 2. The third kappa shape index (κ3) is 5.42. The number of pyridine rings is 1. The van der Waals surface area contributed by atoms with Gasteiger partial charge in [-0.2, -0.15) is 0 Å². The normalized spacial score (nSPS) is 16.6. The molecule has 0 saturated carbocycles. The Morgan fingerprint density at radius 2 is 1.85 bits per heavy atom. The summed E-state index contributed by atoms with van der Waals surface area (Å²) in [5.74, 6) is 0.130. The number of hydrogen-bond acceptors (Lipinski definition) is 8. The SMILES string of the molecule is O=C(Cc1cc(Cl)cc2ncsc12)CN1CCc2nc3ccccc3c(C(=O)N3CCN(CCO)CC3)c2C1. The molecule has 0 aliphatic carbocycles. The summed E-state index contributed by atoms with van der Waals surface area (Å²) in [5.41, 5.74) is 6.93. The highest BCUT2D eigenvalue weighted by Gasteiger charge is 2.30. The van der Waals surface area contributed by atoms with E-state index in [4.69, 9.17) is 16.6 Å². The zero-order valence-electron chi connectivity index (χ0n) is 21.6. The molecule has 0 unspecified atom stereocenters. The minimum absolute atomic E-state index is 0.0215. The van der Waals surface area contributed by atoms with Gasteiger partial charge in [0.15, 0.2) is 5.78 Å². The summed E-state index contributed by atoms with van der Waals surface area (Å²) in [7, 11) is 0. The number of benzene rings is 2. The Balaban J connectivity index is 1.24. The minimum Gasteiger partial charge on any atom is -0.395 e. The fourth-order valence-corrected chi connectivity index (χ4v) is 6.77. The number of β-amino-alcohol motifs (C(OH)–C–C–N with tert-alkyl or cyclic N) is 1. The molecule has 2 aromatic carbocycles. The van der Waals surface area contributed by atoms with Gasteiger partial charge in [0.2, 0.25) is 0 Å². The summed E-state index contributed by atoms with van der Waals surface area (Å²) in [6.07, 6.45) is 0.983. The van der Waals surface area contributed by atoms with E-state index in [1.54, 1.807) is 5.51 Å². The molecule has 2 aliphatic heterocycles. The lowest BCUT2D eigenvalue weighted by molar-refractivity contribution is -0.119. The molecular weight excluding hydrogens is 534 g/mol. The van der Waals surface area contributed by atoms with Gasteiger partial charge in [-0.3, -0.25) is 24.4 Å². The molecule has 39 heavy (non-hydrogen) atoms. The maximum atomic E-state index is 14.0. The molecule has 1 saturated heterocycles. The number of para-hydroxylation sites is 1. The third-order valence-electron chi connectivity index (χ3n) is 7.68. The Bertz CT molecular complexity index is 1550. The van der Waals surface area contributed by atoms with Gasteiger partial charge < -0.3 is 10.0 Å². The second kappa shape index (κ2) is 11.3. The fraction of sp³-hybridized carbons (Fsp3) is 0.379. The maximum absolute atomic E-state index is 14.0. The average molecular weight is 564 g/mol. The van der Waals surface area contributed by atoms with Crippen LogP contribution in [0.25, 0.3) is 21.1 Å². The van der Waals surface area contributed by atoms with Crippen LogP contribution in [-0.2, 0) is 24.2 Å². The summed E-state index contributed by atoms with van der Waals surface area (Å²) < 4.78 is 0.999. The average Bonchev–Trinajstić information content (AvgIpc) is 3.41. The molecule has 1 amide bonds. The van der Waals surface area contributed by atoms with Crippen molar-refractivity contribution >= 4 is 55.7 Å². The predicted octanol–water partition coefficient (Wildman–Crippen LogP) is 3.42. The van der Waals surface area contributed by atoms with E-state index < -0.39 is 0 Å². The number of rotatable bonds is 7. The van der Waals surface area contributed by atoms with Gasteiger partial charge in [-0.1, -0.05) is 29.8 Å². The lowest BCUT2D eigenvalue weighted by atomic mass is 9.94. The number of piperazine rings is 1. The monoisotopic (exact) mass is 563 g/mol. The molecule has 6 rings (SSSR count). The Labute approximate surface area is 235 Å². The van der Waals surface area contributed by atoms with Crippen LogP contribution in [-0.4, -0.2) is 93.9 Å². The lowest BCUT2D eigenvalue weighted by Gasteiger charge is -2.36. The van der Waals surface area contributed by atoms with Crippen LogP contribution in [0.15, 0.2) is 41.9 Å². The molecule has 2 aromatic heterocycles. The van der Waals surface area contributed by atoms with Crippen LogP contribution in [0.1, 0.15) is 27.2 Å².